The second-order valence-corrected chi connectivity index (χ2v) is 4.88. The molecule has 0 spiro atoms. The van der Waals surface area contributed by atoms with E-state index in [1.54, 1.807) is 38.1 Å². The van der Waals surface area contributed by atoms with E-state index in [0.717, 1.165) is 5.56 Å². The van der Waals surface area contributed by atoms with Crippen LogP contribution in [0.2, 0.25) is 0 Å². The number of Topliss-reactive ketones (excluding diaryl/α,β-unsaturated/α-hetero) is 1. The van der Waals surface area contributed by atoms with Crippen LogP contribution in [0.15, 0.2) is 42.5 Å². The molecule has 1 unspecified atom stereocenters. The minimum atomic E-state index is -0.728. The van der Waals surface area contributed by atoms with Crippen molar-refractivity contribution in [1.82, 2.24) is 0 Å². The minimum Gasteiger partial charge on any atom is -0.479 e. The average molecular weight is 272 g/mol. The third-order valence-electron chi connectivity index (χ3n) is 3.17. The number of hydrogen-bond donors (Lipinski definition) is 0. The molecular weight excluding hydrogens is 255 g/mol. The average Bonchev–Trinajstić information content (AvgIpc) is 2.44. The van der Waals surface area contributed by atoms with Crippen LogP contribution in [0.25, 0.3) is 0 Å². The minimum absolute atomic E-state index is 0.109. The highest BCUT2D eigenvalue weighted by Gasteiger charge is 2.18. The number of ether oxygens (including phenoxy) is 1. The Kier molecular flexibility index (Phi) is 4.18. The molecule has 2 rings (SSSR count). The predicted molar refractivity (Wildman–Crippen MR) is 76.7 cm³/mol. The number of rotatable bonds is 4. The number of aryl methyl sites for hydroxylation is 2. The molecule has 2 nitrogen and oxygen atoms in total. The number of carbonyl (C=O) groups excluding carboxylic acids is 1. The first-order chi connectivity index (χ1) is 9.49. The topological polar surface area (TPSA) is 26.3 Å². The van der Waals surface area contributed by atoms with Gasteiger partial charge in [-0.25, -0.2) is 4.39 Å². The summed E-state index contributed by atoms with van der Waals surface area (Å²) in [5.41, 5.74) is 2.15. The summed E-state index contributed by atoms with van der Waals surface area (Å²) in [6, 6.07) is 12.1. The highest BCUT2D eigenvalue weighted by Crippen LogP contribution is 2.21. The summed E-state index contributed by atoms with van der Waals surface area (Å²) in [7, 11) is 0. The standard InChI is InChI=1S/C17H17FO2/c1-11-7-9-14(10-8-11)17(19)13(3)20-15-6-4-5-12(2)16(15)18/h4-10,13H,1-3H3. The summed E-state index contributed by atoms with van der Waals surface area (Å²) < 4.78 is 19.3. The van der Waals surface area contributed by atoms with E-state index in [9.17, 15) is 9.18 Å². The second kappa shape index (κ2) is 5.87. The number of ketones is 1. The van der Waals surface area contributed by atoms with Gasteiger partial charge in [0.1, 0.15) is 0 Å². The van der Waals surface area contributed by atoms with Gasteiger partial charge < -0.3 is 4.74 Å². The molecule has 0 aromatic heterocycles. The maximum atomic E-state index is 13.8. The maximum Gasteiger partial charge on any atom is 0.202 e. The Hall–Kier alpha value is -2.16. The first-order valence-corrected chi connectivity index (χ1v) is 6.51. The van der Waals surface area contributed by atoms with Crippen LogP contribution in [-0.2, 0) is 0 Å². The van der Waals surface area contributed by atoms with Crippen molar-refractivity contribution >= 4 is 5.78 Å². The molecule has 0 saturated carbocycles. The lowest BCUT2D eigenvalue weighted by Gasteiger charge is -2.15. The molecule has 0 bridgehead atoms. The van der Waals surface area contributed by atoms with E-state index in [0.29, 0.717) is 11.1 Å². The van der Waals surface area contributed by atoms with Gasteiger partial charge in [-0.1, -0.05) is 42.0 Å². The molecule has 0 amide bonds. The Bertz CT molecular complexity index is 617. The zero-order valence-electron chi connectivity index (χ0n) is 11.8. The number of halogens is 1. The molecule has 3 heteroatoms. The van der Waals surface area contributed by atoms with E-state index in [4.69, 9.17) is 4.74 Å². The largest absolute Gasteiger partial charge is 0.479 e. The van der Waals surface area contributed by atoms with Crippen molar-refractivity contribution in [3.63, 3.8) is 0 Å². The zero-order valence-corrected chi connectivity index (χ0v) is 11.8. The lowest BCUT2D eigenvalue weighted by molar-refractivity contribution is 0.0812. The SMILES string of the molecule is Cc1ccc(C(=O)C(C)Oc2cccc(C)c2F)cc1. The van der Waals surface area contributed by atoms with Crippen LogP contribution in [0.4, 0.5) is 4.39 Å². The number of carbonyl (C=O) groups is 1. The van der Waals surface area contributed by atoms with Crippen LogP contribution >= 0.6 is 0 Å². The summed E-state index contributed by atoms with van der Waals surface area (Å²) in [6.45, 7) is 5.24. The Labute approximate surface area is 118 Å². The number of hydrogen-bond acceptors (Lipinski definition) is 2. The van der Waals surface area contributed by atoms with Gasteiger partial charge in [-0.2, -0.15) is 0 Å². The number of benzene rings is 2. The van der Waals surface area contributed by atoms with Gasteiger partial charge in [0.15, 0.2) is 17.7 Å². The highest BCUT2D eigenvalue weighted by atomic mass is 19.1. The van der Waals surface area contributed by atoms with Crippen LogP contribution in [0.1, 0.15) is 28.4 Å². The summed E-state index contributed by atoms with van der Waals surface area (Å²) in [5.74, 6) is -0.472. The molecule has 0 saturated heterocycles. The van der Waals surface area contributed by atoms with E-state index < -0.39 is 11.9 Å². The highest BCUT2D eigenvalue weighted by molar-refractivity contribution is 5.99. The van der Waals surface area contributed by atoms with E-state index >= 15 is 0 Å². The van der Waals surface area contributed by atoms with E-state index in [-0.39, 0.29) is 11.5 Å². The van der Waals surface area contributed by atoms with Gasteiger partial charge in [0.25, 0.3) is 0 Å². The van der Waals surface area contributed by atoms with Gasteiger partial charge in [-0.15, -0.1) is 0 Å². The Balaban J connectivity index is 2.15. The van der Waals surface area contributed by atoms with Gasteiger partial charge in [-0.3, -0.25) is 4.79 Å². The first kappa shape index (κ1) is 14.3. The Morgan fingerprint density at radius 2 is 1.75 bits per heavy atom. The molecular formula is C17H17FO2. The predicted octanol–water partition coefficient (Wildman–Crippen LogP) is 4.09. The van der Waals surface area contributed by atoms with Crippen LogP contribution in [0.3, 0.4) is 0 Å². The maximum absolute atomic E-state index is 13.8. The first-order valence-electron chi connectivity index (χ1n) is 6.51. The fourth-order valence-corrected chi connectivity index (χ4v) is 1.91. The molecule has 0 N–H and O–H groups in total. The van der Waals surface area contributed by atoms with Crippen molar-refractivity contribution in [2.75, 3.05) is 0 Å². The molecule has 0 aliphatic carbocycles. The molecule has 20 heavy (non-hydrogen) atoms. The zero-order chi connectivity index (χ0) is 14.7. The monoisotopic (exact) mass is 272 g/mol. The molecule has 1 atom stereocenters. The second-order valence-electron chi connectivity index (χ2n) is 4.88. The van der Waals surface area contributed by atoms with Crippen molar-refractivity contribution in [2.24, 2.45) is 0 Å². The van der Waals surface area contributed by atoms with Crippen LogP contribution in [0.5, 0.6) is 5.75 Å². The summed E-state index contributed by atoms with van der Waals surface area (Å²) in [6.07, 6.45) is -0.728. The fraction of sp³-hybridized carbons (Fsp3) is 0.235. The van der Waals surface area contributed by atoms with Gasteiger partial charge in [0.2, 0.25) is 5.78 Å². The van der Waals surface area contributed by atoms with Crippen molar-refractivity contribution in [2.45, 2.75) is 26.9 Å². The van der Waals surface area contributed by atoms with E-state index in [1.165, 1.54) is 6.07 Å². The van der Waals surface area contributed by atoms with Crippen LogP contribution in [0, 0.1) is 19.7 Å². The van der Waals surface area contributed by atoms with Crippen molar-refractivity contribution in [3.05, 3.63) is 65.0 Å². The summed E-state index contributed by atoms with van der Waals surface area (Å²) in [5, 5.41) is 0. The lowest BCUT2D eigenvalue weighted by Crippen LogP contribution is -2.24. The molecule has 2 aromatic carbocycles. The third-order valence-corrected chi connectivity index (χ3v) is 3.17. The molecule has 0 aliphatic heterocycles. The van der Waals surface area contributed by atoms with Crippen LogP contribution in [-0.4, -0.2) is 11.9 Å². The molecule has 0 fully saturated rings. The third kappa shape index (κ3) is 3.05. The van der Waals surface area contributed by atoms with Gasteiger partial charge >= 0.3 is 0 Å². The summed E-state index contributed by atoms with van der Waals surface area (Å²) in [4.78, 5) is 12.2. The van der Waals surface area contributed by atoms with Crippen molar-refractivity contribution in [1.29, 1.82) is 0 Å². The van der Waals surface area contributed by atoms with Gasteiger partial charge in [-0.05, 0) is 32.4 Å². The molecule has 0 aliphatic rings. The molecule has 2 aromatic rings. The van der Waals surface area contributed by atoms with Gasteiger partial charge in [0.05, 0.1) is 0 Å². The molecule has 0 radical (unpaired) electrons. The molecule has 104 valence electrons. The quantitative estimate of drug-likeness (QED) is 0.783. The normalized spacial score (nSPS) is 12.0. The smallest absolute Gasteiger partial charge is 0.202 e. The van der Waals surface area contributed by atoms with Crippen LogP contribution < -0.4 is 4.74 Å². The lowest BCUT2D eigenvalue weighted by atomic mass is 10.1. The van der Waals surface area contributed by atoms with E-state index in [2.05, 4.69) is 0 Å². The van der Waals surface area contributed by atoms with E-state index in [1.807, 2.05) is 19.1 Å². The Morgan fingerprint density at radius 3 is 2.40 bits per heavy atom. The fourth-order valence-electron chi connectivity index (χ4n) is 1.91. The Morgan fingerprint density at radius 1 is 1.10 bits per heavy atom. The molecule has 0 heterocycles. The van der Waals surface area contributed by atoms with Crippen molar-refractivity contribution in [3.8, 4) is 5.75 Å². The van der Waals surface area contributed by atoms with Crippen molar-refractivity contribution < 1.29 is 13.9 Å². The summed E-state index contributed by atoms with van der Waals surface area (Å²) >= 11 is 0. The van der Waals surface area contributed by atoms with Gasteiger partial charge in [0, 0.05) is 5.56 Å².